The van der Waals surface area contributed by atoms with E-state index in [1.807, 2.05) is 25.7 Å². The summed E-state index contributed by atoms with van der Waals surface area (Å²) in [6.07, 6.45) is 3.30. The first-order valence-corrected chi connectivity index (χ1v) is 7.08. The first-order chi connectivity index (χ1) is 7.42. The van der Waals surface area contributed by atoms with Gasteiger partial charge in [-0.3, -0.25) is 0 Å². The second-order valence-electron chi connectivity index (χ2n) is 5.41. The van der Waals surface area contributed by atoms with Crippen molar-refractivity contribution < 1.29 is 9.53 Å². The largest absolute Gasteiger partial charge is 0.444 e. The zero-order valence-electron chi connectivity index (χ0n) is 10.5. The van der Waals surface area contributed by atoms with E-state index in [1.54, 1.807) is 0 Å². The second-order valence-corrected chi connectivity index (χ2v) is 6.21. The summed E-state index contributed by atoms with van der Waals surface area (Å²) in [7, 11) is 0. The van der Waals surface area contributed by atoms with Crippen molar-refractivity contribution in [3.63, 3.8) is 0 Å². The maximum atomic E-state index is 11.9. The smallest absolute Gasteiger partial charge is 0.410 e. The fourth-order valence-electron chi connectivity index (χ4n) is 1.95. The molecule has 0 aromatic rings. The first-order valence-electron chi connectivity index (χ1n) is 5.96. The molecule has 0 N–H and O–H groups in total. The number of carbonyl (C=O) groups excluding carboxylic acids is 1. The van der Waals surface area contributed by atoms with Crippen LogP contribution < -0.4 is 0 Å². The fourth-order valence-corrected chi connectivity index (χ4v) is 2.59. The molecule has 1 fully saturated rings. The van der Waals surface area contributed by atoms with Gasteiger partial charge in [0.25, 0.3) is 0 Å². The van der Waals surface area contributed by atoms with Crippen LogP contribution in [0.4, 0.5) is 4.79 Å². The SMILES string of the molecule is CC(C)(C)OC(=O)N1CCC[C@H](CCBr)C1. The summed E-state index contributed by atoms with van der Waals surface area (Å²) in [5.74, 6) is 0.626. The highest BCUT2D eigenvalue weighted by Crippen LogP contribution is 2.22. The number of rotatable bonds is 2. The molecule has 0 spiro atoms. The van der Waals surface area contributed by atoms with Crippen molar-refractivity contribution in [3.05, 3.63) is 0 Å². The Morgan fingerprint density at radius 3 is 2.75 bits per heavy atom. The van der Waals surface area contributed by atoms with Crippen molar-refractivity contribution in [2.75, 3.05) is 18.4 Å². The molecule has 1 aliphatic heterocycles. The van der Waals surface area contributed by atoms with Crippen molar-refractivity contribution in [1.82, 2.24) is 4.90 Å². The monoisotopic (exact) mass is 291 g/mol. The van der Waals surface area contributed by atoms with E-state index in [1.165, 1.54) is 6.42 Å². The van der Waals surface area contributed by atoms with Crippen molar-refractivity contribution in [3.8, 4) is 0 Å². The van der Waals surface area contributed by atoms with E-state index >= 15 is 0 Å². The number of ether oxygens (including phenoxy) is 1. The molecule has 1 saturated heterocycles. The van der Waals surface area contributed by atoms with Crippen molar-refractivity contribution >= 4 is 22.0 Å². The van der Waals surface area contributed by atoms with Crippen LogP contribution in [0.5, 0.6) is 0 Å². The molecule has 0 aliphatic carbocycles. The van der Waals surface area contributed by atoms with Crippen LogP contribution in [0.3, 0.4) is 0 Å². The molecule has 0 bridgehead atoms. The molecule has 1 rings (SSSR count). The average Bonchev–Trinajstić information content (AvgIpc) is 2.16. The molecular weight excluding hydrogens is 270 g/mol. The van der Waals surface area contributed by atoms with E-state index in [9.17, 15) is 4.79 Å². The molecule has 16 heavy (non-hydrogen) atoms. The molecule has 1 atom stereocenters. The van der Waals surface area contributed by atoms with Crippen LogP contribution in [0.1, 0.15) is 40.0 Å². The standard InChI is InChI=1S/C12H22BrNO2/c1-12(2,3)16-11(15)14-8-4-5-10(9-14)6-7-13/h10H,4-9H2,1-3H3/t10-/m1/s1. The van der Waals surface area contributed by atoms with E-state index in [0.29, 0.717) is 5.92 Å². The van der Waals surface area contributed by atoms with Crippen LogP contribution in [0.25, 0.3) is 0 Å². The lowest BCUT2D eigenvalue weighted by Crippen LogP contribution is -2.42. The van der Waals surface area contributed by atoms with Gasteiger partial charge in [0, 0.05) is 18.4 Å². The number of piperidine rings is 1. The van der Waals surface area contributed by atoms with Crippen LogP contribution in [-0.4, -0.2) is 35.0 Å². The number of likely N-dealkylation sites (tertiary alicyclic amines) is 1. The molecule has 94 valence electrons. The Bertz CT molecular complexity index is 236. The normalized spacial score (nSPS) is 22.0. The van der Waals surface area contributed by atoms with Crippen LogP contribution >= 0.6 is 15.9 Å². The van der Waals surface area contributed by atoms with Crippen molar-refractivity contribution in [2.24, 2.45) is 5.92 Å². The van der Waals surface area contributed by atoms with Crippen molar-refractivity contribution in [2.45, 2.75) is 45.6 Å². The van der Waals surface area contributed by atoms with Crippen LogP contribution in [-0.2, 0) is 4.74 Å². The van der Waals surface area contributed by atoms with Crippen molar-refractivity contribution in [1.29, 1.82) is 0 Å². The van der Waals surface area contributed by atoms with Gasteiger partial charge in [0.15, 0.2) is 0 Å². The molecule has 0 aromatic heterocycles. The summed E-state index contributed by atoms with van der Waals surface area (Å²) >= 11 is 3.46. The molecular formula is C12H22BrNO2. The molecule has 1 aliphatic rings. The van der Waals surface area contributed by atoms with Gasteiger partial charge in [0.2, 0.25) is 0 Å². The Labute approximate surface area is 107 Å². The predicted octanol–water partition coefficient (Wildman–Crippen LogP) is 3.42. The van der Waals surface area contributed by atoms with Gasteiger partial charge in [-0.25, -0.2) is 4.79 Å². The summed E-state index contributed by atoms with van der Waals surface area (Å²) in [6.45, 7) is 7.41. The Morgan fingerprint density at radius 2 is 2.19 bits per heavy atom. The average molecular weight is 292 g/mol. The summed E-state index contributed by atoms with van der Waals surface area (Å²) in [5, 5.41) is 1.01. The first kappa shape index (κ1) is 13.8. The van der Waals surface area contributed by atoms with Crippen LogP contribution in [0.15, 0.2) is 0 Å². The van der Waals surface area contributed by atoms with Gasteiger partial charge in [-0.1, -0.05) is 15.9 Å². The lowest BCUT2D eigenvalue weighted by Gasteiger charge is -2.34. The number of nitrogens with zero attached hydrogens (tertiary/aromatic N) is 1. The summed E-state index contributed by atoms with van der Waals surface area (Å²) < 4.78 is 5.38. The maximum absolute atomic E-state index is 11.9. The summed E-state index contributed by atoms with van der Waals surface area (Å²) in [6, 6.07) is 0. The third-order valence-corrected chi connectivity index (χ3v) is 3.15. The van der Waals surface area contributed by atoms with Gasteiger partial charge in [-0.2, -0.15) is 0 Å². The molecule has 0 aromatic carbocycles. The molecule has 4 heteroatoms. The highest BCUT2D eigenvalue weighted by molar-refractivity contribution is 9.09. The number of alkyl halides is 1. The minimum absolute atomic E-state index is 0.160. The fraction of sp³-hybridized carbons (Fsp3) is 0.917. The van der Waals surface area contributed by atoms with Gasteiger partial charge in [-0.05, 0) is 46.0 Å². The predicted molar refractivity (Wildman–Crippen MR) is 68.9 cm³/mol. The second kappa shape index (κ2) is 5.89. The highest BCUT2D eigenvalue weighted by atomic mass is 79.9. The molecule has 0 radical (unpaired) electrons. The zero-order chi connectivity index (χ0) is 12.2. The Kier molecular flexibility index (Phi) is 5.09. The quantitative estimate of drug-likeness (QED) is 0.730. The lowest BCUT2D eigenvalue weighted by atomic mass is 9.96. The van der Waals surface area contributed by atoms with Crippen LogP contribution in [0, 0.1) is 5.92 Å². The van der Waals surface area contributed by atoms with Gasteiger partial charge in [0.1, 0.15) is 5.60 Å². The number of amides is 1. The number of halogens is 1. The Balaban J connectivity index is 2.44. The topological polar surface area (TPSA) is 29.5 Å². The number of hydrogen-bond donors (Lipinski definition) is 0. The number of hydrogen-bond acceptors (Lipinski definition) is 2. The lowest BCUT2D eigenvalue weighted by molar-refractivity contribution is 0.0165. The Morgan fingerprint density at radius 1 is 1.50 bits per heavy atom. The third-order valence-electron chi connectivity index (χ3n) is 2.69. The van der Waals surface area contributed by atoms with Crippen LogP contribution in [0.2, 0.25) is 0 Å². The minimum Gasteiger partial charge on any atom is -0.444 e. The van der Waals surface area contributed by atoms with E-state index < -0.39 is 0 Å². The van der Waals surface area contributed by atoms with E-state index in [2.05, 4.69) is 15.9 Å². The van der Waals surface area contributed by atoms with Gasteiger partial charge in [0.05, 0.1) is 0 Å². The molecule has 1 heterocycles. The van der Waals surface area contributed by atoms with Gasteiger partial charge < -0.3 is 9.64 Å². The zero-order valence-corrected chi connectivity index (χ0v) is 12.0. The highest BCUT2D eigenvalue weighted by Gasteiger charge is 2.27. The summed E-state index contributed by atoms with van der Waals surface area (Å²) in [5.41, 5.74) is -0.389. The third kappa shape index (κ3) is 4.73. The number of carbonyl (C=O) groups is 1. The molecule has 3 nitrogen and oxygen atoms in total. The van der Waals surface area contributed by atoms with Gasteiger partial charge >= 0.3 is 6.09 Å². The minimum atomic E-state index is -0.389. The maximum Gasteiger partial charge on any atom is 0.410 e. The molecule has 0 unspecified atom stereocenters. The van der Waals surface area contributed by atoms with Gasteiger partial charge in [-0.15, -0.1) is 0 Å². The van der Waals surface area contributed by atoms with E-state index in [-0.39, 0.29) is 11.7 Å². The molecule has 1 amide bonds. The van der Waals surface area contributed by atoms with E-state index in [0.717, 1.165) is 31.3 Å². The summed E-state index contributed by atoms with van der Waals surface area (Å²) in [4.78, 5) is 13.7. The Hall–Kier alpha value is -0.250. The molecule has 0 saturated carbocycles. The van der Waals surface area contributed by atoms with E-state index in [4.69, 9.17) is 4.74 Å².